The van der Waals surface area contributed by atoms with Crippen LogP contribution in [0.25, 0.3) is 0 Å². The molecular weight excluding hydrogens is 388 g/mol. The standard InChI is InChI=1S/C22H25BrOSi/c1-22(2,3)25(20-10-6-4-7-11-20,21-12-8-5-9-13-21)24-17-19-16-18(19)14-15-23/h4-13,18-19H,16-17H2,1-3H3. The molecule has 1 aliphatic rings. The molecule has 25 heavy (non-hydrogen) atoms. The van der Waals surface area contributed by atoms with Crippen LogP contribution in [0.2, 0.25) is 5.04 Å². The fourth-order valence-electron chi connectivity index (χ4n) is 3.67. The van der Waals surface area contributed by atoms with Gasteiger partial charge in [-0.25, -0.2) is 0 Å². The van der Waals surface area contributed by atoms with E-state index in [0.29, 0.717) is 11.8 Å². The normalized spacial score (nSPS) is 19.8. The fourth-order valence-corrected chi connectivity index (χ4v) is 8.59. The summed E-state index contributed by atoms with van der Waals surface area (Å²) in [4.78, 5) is 2.87. The summed E-state index contributed by atoms with van der Waals surface area (Å²) in [6.45, 7) is 7.76. The topological polar surface area (TPSA) is 9.23 Å². The highest BCUT2D eigenvalue weighted by atomic mass is 79.9. The van der Waals surface area contributed by atoms with Crippen molar-refractivity contribution in [3.8, 4) is 10.8 Å². The summed E-state index contributed by atoms with van der Waals surface area (Å²) in [5.41, 5.74) is 0. The van der Waals surface area contributed by atoms with Crippen LogP contribution < -0.4 is 10.4 Å². The maximum absolute atomic E-state index is 6.92. The molecule has 1 fully saturated rings. The van der Waals surface area contributed by atoms with E-state index in [4.69, 9.17) is 4.43 Å². The van der Waals surface area contributed by atoms with Crippen LogP contribution in [-0.4, -0.2) is 14.9 Å². The Morgan fingerprint density at radius 1 is 1.00 bits per heavy atom. The number of halogens is 1. The quantitative estimate of drug-likeness (QED) is 0.516. The molecule has 0 radical (unpaired) electrons. The minimum Gasteiger partial charge on any atom is -0.407 e. The smallest absolute Gasteiger partial charge is 0.261 e. The van der Waals surface area contributed by atoms with Gasteiger partial charge in [0.25, 0.3) is 8.32 Å². The van der Waals surface area contributed by atoms with Crippen molar-refractivity contribution in [3.63, 3.8) is 0 Å². The maximum Gasteiger partial charge on any atom is 0.261 e. The molecule has 0 heterocycles. The van der Waals surface area contributed by atoms with Crippen molar-refractivity contribution in [2.24, 2.45) is 11.8 Å². The Kier molecular flexibility index (Phi) is 5.53. The molecule has 2 unspecified atom stereocenters. The number of benzene rings is 2. The van der Waals surface area contributed by atoms with Crippen LogP contribution in [0, 0.1) is 22.6 Å². The Morgan fingerprint density at radius 3 is 1.96 bits per heavy atom. The summed E-state index contributed by atoms with van der Waals surface area (Å²) < 4.78 is 6.92. The monoisotopic (exact) mass is 412 g/mol. The molecule has 0 amide bonds. The van der Waals surface area contributed by atoms with Crippen molar-refractivity contribution in [2.75, 3.05) is 6.61 Å². The zero-order valence-corrected chi connectivity index (χ0v) is 17.7. The van der Waals surface area contributed by atoms with Crippen molar-refractivity contribution in [2.45, 2.75) is 32.2 Å². The van der Waals surface area contributed by atoms with E-state index in [1.807, 2.05) is 0 Å². The van der Waals surface area contributed by atoms with Crippen LogP contribution in [0.3, 0.4) is 0 Å². The minimum atomic E-state index is -2.38. The van der Waals surface area contributed by atoms with Gasteiger partial charge in [0, 0.05) is 28.5 Å². The highest BCUT2D eigenvalue weighted by molar-refractivity contribution is 9.12. The predicted molar refractivity (Wildman–Crippen MR) is 112 cm³/mol. The zero-order valence-electron chi connectivity index (χ0n) is 15.1. The lowest BCUT2D eigenvalue weighted by molar-refractivity contribution is 0.278. The van der Waals surface area contributed by atoms with Crippen LogP contribution in [0.1, 0.15) is 27.2 Å². The first-order valence-corrected chi connectivity index (χ1v) is 11.6. The summed E-state index contributed by atoms with van der Waals surface area (Å²) in [6, 6.07) is 21.7. The SMILES string of the molecule is CC(C)(C)[Si](OCC1CC1C#CBr)(c1ccccc1)c1ccccc1. The molecule has 3 rings (SSSR count). The number of hydrogen-bond donors (Lipinski definition) is 0. The lowest BCUT2D eigenvalue weighted by Crippen LogP contribution is -2.66. The van der Waals surface area contributed by atoms with E-state index in [1.165, 1.54) is 10.4 Å². The average Bonchev–Trinajstić information content (AvgIpc) is 3.35. The van der Waals surface area contributed by atoms with Gasteiger partial charge in [0.15, 0.2) is 0 Å². The van der Waals surface area contributed by atoms with E-state index in [9.17, 15) is 0 Å². The van der Waals surface area contributed by atoms with E-state index in [1.54, 1.807) is 0 Å². The molecule has 3 heteroatoms. The van der Waals surface area contributed by atoms with E-state index >= 15 is 0 Å². The van der Waals surface area contributed by atoms with Crippen LogP contribution in [0.15, 0.2) is 60.7 Å². The number of rotatable bonds is 5. The molecule has 0 N–H and O–H groups in total. The summed E-state index contributed by atoms with van der Waals surface area (Å²) in [5, 5.41) is 2.73. The second-order valence-electron chi connectivity index (χ2n) is 7.82. The van der Waals surface area contributed by atoms with Crippen LogP contribution in [0.5, 0.6) is 0 Å². The largest absolute Gasteiger partial charge is 0.407 e. The summed E-state index contributed by atoms with van der Waals surface area (Å²) in [5.74, 6) is 4.27. The molecule has 0 saturated heterocycles. The van der Waals surface area contributed by atoms with E-state index in [-0.39, 0.29) is 5.04 Å². The number of hydrogen-bond acceptors (Lipinski definition) is 1. The van der Waals surface area contributed by atoms with Crippen molar-refractivity contribution in [1.82, 2.24) is 0 Å². The Hall–Kier alpha value is -1.34. The van der Waals surface area contributed by atoms with E-state index < -0.39 is 8.32 Å². The van der Waals surface area contributed by atoms with Crippen molar-refractivity contribution < 1.29 is 4.43 Å². The van der Waals surface area contributed by atoms with Gasteiger partial charge in [-0.1, -0.05) is 87.4 Å². The molecule has 2 atom stereocenters. The summed E-state index contributed by atoms with van der Waals surface area (Å²) >= 11 is 3.22. The van der Waals surface area contributed by atoms with Crippen molar-refractivity contribution >= 4 is 34.6 Å². The third-order valence-corrected chi connectivity index (χ3v) is 10.3. The van der Waals surface area contributed by atoms with Crippen LogP contribution >= 0.6 is 15.9 Å². The molecule has 2 aromatic rings. The van der Waals surface area contributed by atoms with Gasteiger partial charge in [-0.05, 0) is 32.6 Å². The molecule has 130 valence electrons. The highest BCUT2D eigenvalue weighted by Crippen LogP contribution is 2.42. The third kappa shape index (κ3) is 3.77. The summed E-state index contributed by atoms with van der Waals surface area (Å²) in [6.07, 6.45) is 1.15. The maximum atomic E-state index is 6.92. The highest BCUT2D eigenvalue weighted by Gasteiger charge is 2.51. The van der Waals surface area contributed by atoms with Gasteiger partial charge >= 0.3 is 0 Å². The second-order valence-corrected chi connectivity index (χ2v) is 12.5. The minimum absolute atomic E-state index is 0.0429. The van der Waals surface area contributed by atoms with Gasteiger partial charge in [0.1, 0.15) is 0 Å². The Labute approximate surface area is 161 Å². The molecule has 0 spiro atoms. The predicted octanol–water partition coefficient (Wildman–Crippen LogP) is 4.55. The first-order valence-electron chi connectivity index (χ1n) is 8.85. The van der Waals surface area contributed by atoms with E-state index in [0.717, 1.165) is 13.0 Å². The lowest BCUT2D eigenvalue weighted by atomic mass is 10.2. The first kappa shape index (κ1) is 18.4. The average molecular weight is 413 g/mol. The zero-order chi connectivity index (χ0) is 17.9. The van der Waals surface area contributed by atoms with Gasteiger partial charge in [0.2, 0.25) is 0 Å². The van der Waals surface area contributed by atoms with Gasteiger partial charge in [-0.2, -0.15) is 0 Å². The third-order valence-electron chi connectivity index (χ3n) is 5.09. The molecule has 0 aromatic heterocycles. The molecule has 2 aromatic carbocycles. The fraction of sp³-hybridized carbons (Fsp3) is 0.364. The van der Waals surface area contributed by atoms with Gasteiger partial charge in [-0.3, -0.25) is 0 Å². The summed E-state index contributed by atoms with van der Waals surface area (Å²) in [7, 11) is -2.38. The van der Waals surface area contributed by atoms with Gasteiger partial charge in [0.05, 0.1) is 0 Å². The Morgan fingerprint density at radius 2 is 1.52 bits per heavy atom. The molecule has 1 aliphatic carbocycles. The Balaban J connectivity index is 2.01. The molecular formula is C22H25BrOSi. The lowest BCUT2D eigenvalue weighted by Gasteiger charge is -2.43. The first-order chi connectivity index (χ1) is 12.0. The second kappa shape index (κ2) is 7.49. The molecule has 0 bridgehead atoms. The van der Waals surface area contributed by atoms with Crippen LogP contribution in [-0.2, 0) is 4.43 Å². The molecule has 1 saturated carbocycles. The Bertz CT molecular complexity index is 716. The van der Waals surface area contributed by atoms with Gasteiger partial charge in [-0.15, -0.1) is 0 Å². The molecule has 0 aliphatic heterocycles. The van der Waals surface area contributed by atoms with Gasteiger partial charge < -0.3 is 4.43 Å². The van der Waals surface area contributed by atoms with E-state index in [2.05, 4.69) is 108 Å². The van der Waals surface area contributed by atoms with Crippen LogP contribution in [0.4, 0.5) is 0 Å². The van der Waals surface area contributed by atoms with Crippen molar-refractivity contribution in [3.05, 3.63) is 60.7 Å². The van der Waals surface area contributed by atoms with Crippen molar-refractivity contribution in [1.29, 1.82) is 0 Å². The molecule has 1 nitrogen and oxygen atoms in total.